The molecule has 0 saturated carbocycles. The van der Waals surface area contributed by atoms with E-state index in [0.29, 0.717) is 0 Å². The largest absolute Gasteiger partial charge is 0.376 e. The lowest BCUT2D eigenvalue weighted by molar-refractivity contribution is -0.114. The van der Waals surface area contributed by atoms with Crippen LogP contribution < -0.4 is 10.6 Å². The van der Waals surface area contributed by atoms with E-state index in [1.165, 1.54) is 0 Å². The Hall–Kier alpha value is -1.33. The topological polar surface area (TPSA) is 41.1 Å². The minimum atomic E-state index is -0.0810. The summed E-state index contributed by atoms with van der Waals surface area (Å²) in [7, 11) is 0. The van der Waals surface area contributed by atoms with Gasteiger partial charge in [-0.25, -0.2) is 0 Å². The summed E-state index contributed by atoms with van der Waals surface area (Å²) in [4.78, 5) is 11.9. The Morgan fingerprint density at radius 2 is 1.85 bits per heavy atom. The smallest absolute Gasteiger partial charge is 0.243 e. The molecule has 0 aliphatic carbocycles. The predicted octanol–water partition coefficient (Wildman–Crippen LogP) is 4.57. The summed E-state index contributed by atoms with van der Waals surface area (Å²) in [5.41, 5.74) is 2.82. The fraction of sp³-hybridized carbons (Fsp3) is 0.133. The van der Waals surface area contributed by atoms with Gasteiger partial charge in [0.05, 0.1) is 6.54 Å². The molecule has 0 unspecified atom stereocenters. The molecule has 2 rings (SSSR count). The van der Waals surface area contributed by atoms with Gasteiger partial charge in [-0.1, -0.05) is 44.0 Å². The first-order valence-electron chi connectivity index (χ1n) is 6.10. The molecule has 0 aliphatic rings. The third kappa shape index (κ3) is 4.35. The van der Waals surface area contributed by atoms with Crippen LogP contribution in [0, 0.1) is 6.92 Å². The van der Waals surface area contributed by atoms with Gasteiger partial charge in [-0.3, -0.25) is 4.79 Å². The van der Waals surface area contributed by atoms with Crippen LogP contribution in [0.3, 0.4) is 0 Å². The van der Waals surface area contributed by atoms with E-state index in [-0.39, 0.29) is 12.5 Å². The number of carbonyl (C=O) groups excluding carboxylic acids is 1. The number of hydrogen-bond donors (Lipinski definition) is 2. The van der Waals surface area contributed by atoms with E-state index in [2.05, 4.69) is 42.5 Å². The van der Waals surface area contributed by atoms with Gasteiger partial charge in [-0.2, -0.15) is 0 Å². The Morgan fingerprint density at radius 3 is 2.60 bits per heavy atom. The second kappa shape index (κ2) is 6.90. The molecule has 0 spiro atoms. The van der Waals surface area contributed by atoms with Crippen molar-refractivity contribution < 1.29 is 4.79 Å². The van der Waals surface area contributed by atoms with Gasteiger partial charge in [0.2, 0.25) is 5.91 Å². The van der Waals surface area contributed by atoms with E-state index >= 15 is 0 Å². The van der Waals surface area contributed by atoms with E-state index < -0.39 is 0 Å². The maximum Gasteiger partial charge on any atom is 0.243 e. The van der Waals surface area contributed by atoms with Crippen molar-refractivity contribution >= 4 is 49.1 Å². The van der Waals surface area contributed by atoms with Gasteiger partial charge in [0, 0.05) is 20.3 Å². The molecule has 0 radical (unpaired) electrons. The number of rotatable bonds is 4. The van der Waals surface area contributed by atoms with Crippen molar-refractivity contribution in [2.45, 2.75) is 6.92 Å². The Bertz CT molecular complexity index is 629. The molecular formula is C15H14Br2N2O. The number of halogens is 2. The third-order valence-corrected chi connectivity index (χ3v) is 3.73. The van der Waals surface area contributed by atoms with Gasteiger partial charge >= 0.3 is 0 Å². The lowest BCUT2D eigenvalue weighted by atomic mass is 10.2. The van der Waals surface area contributed by atoms with Crippen molar-refractivity contribution in [2.75, 3.05) is 17.2 Å². The second-order valence-electron chi connectivity index (χ2n) is 4.37. The van der Waals surface area contributed by atoms with Crippen LogP contribution >= 0.6 is 31.9 Å². The molecule has 0 bridgehead atoms. The molecule has 5 heteroatoms. The lowest BCUT2D eigenvalue weighted by Gasteiger charge is -2.10. The predicted molar refractivity (Wildman–Crippen MR) is 90.1 cm³/mol. The molecule has 0 saturated heterocycles. The van der Waals surface area contributed by atoms with Crippen molar-refractivity contribution in [1.82, 2.24) is 0 Å². The quantitative estimate of drug-likeness (QED) is 0.793. The summed E-state index contributed by atoms with van der Waals surface area (Å²) in [6.07, 6.45) is 0. The van der Waals surface area contributed by atoms with E-state index in [1.54, 1.807) is 0 Å². The Balaban J connectivity index is 1.94. The van der Waals surface area contributed by atoms with Crippen LogP contribution in [0.4, 0.5) is 11.4 Å². The van der Waals surface area contributed by atoms with Gasteiger partial charge in [0.25, 0.3) is 0 Å². The molecule has 2 aromatic carbocycles. The molecule has 1 amide bonds. The zero-order chi connectivity index (χ0) is 14.5. The number of amides is 1. The van der Waals surface area contributed by atoms with Crippen molar-refractivity contribution in [3.05, 3.63) is 57.0 Å². The summed E-state index contributed by atoms with van der Waals surface area (Å²) >= 11 is 6.79. The molecule has 0 heterocycles. The average Bonchev–Trinajstić information content (AvgIpc) is 2.40. The lowest BCUT2D eigenvalue weighted by Crippen LogP contribution is -2.22. The third-order valence-electron chi connectivity index (χ3n) is 2.75. The van der Waals surface area contributed by atoms with Gasteiger partial charge < -0.3 is 10.6 Å². The van der Waals surface area contributed by atoms with Crippen molar-refractivity contribution in [1.29, 1.82) is 0 Å². The fourth-order valence-electron chi connectivity index (χ4n) is 1.73. The highest BCUT2D eigenvalue weighted by Crippen LogP contribution is 2.20. The standard InChI is InChI=1S/C15H14Br2N2O/c1-10-5-6-12(17)8-14(10)18-9-15(20)19-13-4-2-3-11(16)7-13/h2-8,18H,9H2,1H3,(H,19,20). The highest BCUT2D eigenvalue weighted by molar-refractivity contribution is 9.10. The maximum atomic E-state index is 11.9. The van der Waals surface area contributed by atoms with E-state index in [0.717, 1.165) is 25.9 Å². The van der Waals surface area contributed by atoms with Crippen molar-refractivity contribution in [3.8, 4) is 0 Å². The summed E-state index contributed by atoms with van der Waals surface area (Å²) in [6, 6.07) is 13.4. The van der Waals surface area contributed by atoms with Crippen LogP contribution in [0.15, 0.2) is 51.4 Å². The molecule has 20 heavy (non-hydrogen) atoms. The Kier molecular flexibility index (Phi) is 5.20. The van der Waals surface area contributed by atoms with E-state index in [1.807, 2.05) is 49.4 Å². The highest BCUT2D eigenvalue weighted by atomic mass is 79.9. The van der Waals surface area contributed by atoms with Gasteiger partial charge in [0.15, 0.2) is 0 Å². The number of benzene rings is 2. The zero-order valence-electron chi connectivity index (χ0n) is 10.9. The monoisotopic (exact) mass is 396 g/mol. The average molecular weight is 398 g/mol. The summed E-state index contributed by atoms with van der Waals surface area (Å²) in [5.74, 6) is -0.0810. The molecule has 0 aromatic heterocycles. The van der Waals surface area contributed by atoms with Crippen molar-refractivity contribution in [3.63, 3.8) is 0 Å². The molecule has 2 aromatic rings. The first kappa shape index (κ1) is 15.1. The van der Waals surface area contributed by atoms with Crippen LogP contribution in [0.2, 0.25) is 0 Å². The Morgan fingerprint density at radius 1 is 1.10 bits per heavy atom. The van der Waals surface area contributed by atoms with Gasteiger partial charge in [-0.15, -0.1) is 0 Å². The molecule has 0 fully saturated rings. The minimum Gasteiger partial charge on any atom is -0.376 e. The molecule has 104 valence electrons. The normalized spacial score (nSPS) is 10.2. The van der Waals surface area contributed by atoms with Crippen LogP contribution in [0.25, 0.3) is 0 Å². The second-order valence-corrected chi connectivity index (χ2v) is 6.20. The Labute approximate surface area is 135 Å². The van der Waals surface area contributed by atoms with E-state index in [9.17, 15) is 4.79 Å². The maximum absolute atomic E-state index is 11.9. The number of hydrogen-bond acceptors (Lipinski definition) is 2. The van der Waals surface area contributed by atoms with Crippen LogP contribution in [0.1, 0.15) is 5.56 Å². The first-order chi connectivity index (χ1) is 9.54. The summed E-state index contributed by atoms with van der Waals surface area (Å²) in [6.45, 7) is 2.23. The summed E-state index contributed by atoms with van der Waals surface area (Å²) in [5, 5.41) is 5.98. The fourth-order valence-corrected chi connectivity index (χ4v) is 2.49. The molecule has 2 N–H and O–H groups in total. The van der Waals surface area contributed by atoms with Gasteiger partial charge in [-0.05, 0) is 42.8 Å². The molecule has 0 atom stereocenters. The number of nitrogens with one attached hydrogen (secondary N) is 2. The minimum absolute atomic E-state index is 0.0810. The summed E-state index contributed by atoms with van der Waals surface area (Å²) < 4.78 is 1.92. The number of anilines is 2. The van der Waals surface area contributed by atoms with Crippen LogP contribution in [-0.2, 0) is 4.79 Å². The van der Waals surface area contributed by atoms with E-state index in [4.69, 9.17) is 0 Å². The van der Waals surface area contributed by atoms with Gasteiger partial charge in [0.1, 0.15) is 0 Å². The number of carbonyl (C=O) groups is 1. The zero-order valence-corrected chi connectivity index (χ0v) is 14.1. The number of aryl methyl sites for hydroxylation is 1. The molecular weight excluding hydrogens is 384 g/mol. The SMILES string of the molecule is Cc1ccc(Br)cc1NCC(=O)Nc1cccc(Br)c1. The van der Waals surface area contributed by atoms with Crippen LogP contribution in [0.5, 0.6) is 0 Å². The highest BCUT2D eigenvalue weighted by Gasteiger charge is 2.04. The van der Waals surface area contributed by atoms with Crippen LogP contribution in [-0.4, -0.2) is 12.5 Å². The first-order valence-corrected chi connectivity index (χ1v) is 7.68. The molecule has 3 nitrogen and oxygen atoms in total. The molecule has 0 aliphatic heterocycles. The van der Waals surface area contributed by atoms with Crippen molar-refractivity contribution in [2.24, 2.45) is 0 Å².